The van der Waals surface area contributed by atoms with Crippen molar-refractivity contribution < 1.29 is 9.47 Å². The first-order chi connectivity index (χ1) is 12.2. The van der Waals surface area contributed by atoms with E-state index in [1.807, 2.05) is 14.2 Å². The van der Waals surface area contributed by atoms with Crippen molar-refractivity contribution in [3.05, 3.63) is 0 Å². The smallest absolute Gasteiger partial charge is 0.0618 e. The molecule has 0 saturated carbocycles. The quantitative estimate of drug-likeness (QED) is 0.577. The third kappa shape index (κ3) is 5.21. The summed E-state index contributed by atoms with van der Waals surface area (Å²) in [6.07, 6.45) is 7.68. The largest absolute Gasteiger partial charge is 0.383 e. The number of likely N-dealkylation sites (tertiary alicyclic amines) is 2. The second-order valence-electron chi connectivity index (χ2n) is 9.83. The minimum atomic E-state index is 0.268. The summed E-state index contributed by atoms with van der Waals surface area (Å²) >= 11 is 0. The first kappa shape index (κ1) is 22.1. The summed E-state index contributed by atoms with van der Waals surface area (Å²) in [5.41, 5.74) is 0.538. The molecule has 0 aromatic carbocycles. The van der Waals surface area contributed by atoms with Gasteiger partial charge in [0.15, 0.2) is 0 Å². The number of rotatable bonds is 10. The Kier molecular flexibility index (Phi) is 7.97. The molecule has 154 valence electrons. The van der Waals surface area contributed by atoms with Crippen LogP contribution in [0.1, 0.15) is 73.1 Å². The van der Waals surface area contributed by atoms with E-state index in [-0.39, 0.29) is 11.1 Å². The fraction of sp³-hybridized carbons (Fsp3) is 1.00. The highest BCUT2D eigenvalue weighted by Gasteiger charge is 2.41. The van der Waals surface area contributed by atoms with Gasteiger partial charge in [-0.05, 0) is 78.7 Å². The van der Waals surface area contributed by atoms with E-state index in [1.165, 1.54) is 51.6 Å². The molecule has 26 heavy (non-hydrogen) atoms. The van der Waals surface area contributed by atoms with Gasteiger partial charge in [0.05, 0.1) is 13.2 Å². The summed E-state index contributed by atoms with van der Waals surface area (Å²) in [5.74, 6) is 0.795. The first-order valence-electron chi connectivity index (χ1n) is 10.8. The van der Waals surface area contributed by atoms with Crippen molar-refractivity contribution in [1.82, 2.24) is 9.80 Å². The van der Waals surface area contributed by atoms with Gasteiger partial charge >= 0.3 is 0 Å². The summed E-state index contributed by atoms with van der Waals surface area (Å²) in [4.78, 5) is 5.43. The Hall–Kier alpha value is -0.160. The van der Waals surface area contributed by atoms with E-state index >= 15 is 0 Å². The Morgan fingerprint density at radius 2 is 1.58 bits per heavy atom. The van der Waals surface area contributed by atoms with Gasteiger partial charge in [0.1, 0.15) is 0 Å². The van der Waals surface area contributed by atoms with Crippen LogP contribution in [0, 0.1) is 5.92 Å². The number of nitrogens with zero attached hydrogens (tertiary/aromatic N) is 2. The van der Waals surface area contributed by atoms with E-state index in [0.29, 0.717) is 12.1 Å². The van der Waals surface area contributed by atoms with Gasteiger partial charge in [-0.15, -0.1) is 0 Å². The summed E-state index contributed by atoms with van der Waals surface area (Å²) < 4.78 is 11.0. The molecule has 4 nitrogen and oxygen atoms in total. The van der Waals surface area contributed by atoms with E-state index in [1.54, 1.807) is 0 Å². The number of methoxy groups -OCH3 is 2. The van der Waals surface area contributed by atoms with E-state index in [9.17, 15) is 0 Å². The Labute approximate surface area is 162 Å². The topological polar surface area (TPSA) is 24.9 Å². The summed E-state index contributed by atoms with van der Waals surface area (Å²) in [7, 11) is 3.68. The van der Waals surface area contributed by atoms with Gasteiger partial charge < -0.3 is 9.47 Å². The van der Waals surface area contributed by atoms with Gasteiger partial charge in [-0.1, -0.05) is 6.92 Å². The summed E-state index contributed by atoms with van der Waals surface area (Å²) in [6, 6.07) is 1.19. The first-order valence-corrected chi connectivity index (χ1v) is 10.8. The molecule has 4 heteroatoms. The van der Waals surface area contributed by atoms with Gasteiger partial charge in [0, 0.05) is 43.9 Å². The minimum absolute atomic E-state index is 0.268. The van der Waals surface area contributed by atoms with Crippen LogP contribution >= 0.6 is 0 Å². The van der Waals surface area contributed by atoms with Crippen LogP contribution in [0.15, 0.2) is 0 Å². The molecule has 0 spiro atoms. The summed E-state index contributed by atoms with van der Waals surface area (Å²) in [6.45, 7) is 16.2. The van der Waals surface area contributed by atoms with Crippen LogP contribution in [-0.2, 0) is 9.47 Å². The normalized spacial score (nSPS) is 29.0. The molecule has 0 aliphatic carbocycles. The highest BCUT2D eigenvalue weighted by molar-refractivity contribution is 4.96. The van der Waals surface area contributed by atoms with Crippen molar-refractivity contribution >= 4 is 0 Å². The monoisotopic (exact) mass is 368 g/mol. The van der Waals surface area contributed by atoms with Crippen molar-refractivity contribution in [1.29, 1.82) is 0 Å². The van der Waals surface area contributed by atoms with Crippen LogP contribution in [0.25, 0.3) is 0 Å². The standard InChI is InChI=1S/C22H44N2O2/c1-8-21(2,3)24-15-18(14-20(24)17-26-7)11-12-22(4,5)23-13-9-10-19(23)16-25-6/h18-20H,8-17H2,1-7H3/t18?,19-,20+/m1/s1. The third-order valence-electron chi connectivity index (χ3n) is 7.18. The Morgan fingerprint density at radius 3 is 2.19 bits per heavy atom. The van der Waals surface area contributed by atoms with E-state index in [0.717, 1.165) is 19.1 Å². The Bertz CT molecular complexity index is 424. The molecule has 2 heterocycles. The van der Waals surface area contributed by atoms with Gasteiger partial charge in [-0.2, -0.15) is 0 Å². The predicted octanol–water partition coefficient (Wildman–Crippen LogP) is 4.18. The lowest BCUT2D eigenvalue weighted by Crippen LogP contribution is -2.48. The number of hydrogen-bond donors (Lipinski definition) is 0. The maximum atomic E-state index is 5.55. The van der Waals surface area contributed by atoms with Gasteiger partial charge in [-0.25, -0.2) is 0 Å². The van der Waals surface area contributed by atoms with Gasteiger partial charge in [0.2, 0.25) is 0 Å². The zero-order valence-corrected chi connectivity index (χ0v) is 18.5. The SMILES string of the molecule is CCC(C)(C)N1CC(CCC(C)(C)N2CCC[C@@H]2COC)C[C@H]1COC. The van der Waals surface area contributed by atoms with E-state index in [2.05, 4.69) is 44.4 Å². The molecule has 3 atom stereocenters. The van der Waals surface area contributed by atoms with Crippen LogP contribution < -0.4 is 0 Å². The maximum absolute atomic E-state index is 5.55. The van der Waals surface area contributed by atoms with Crippen LogP contribution in [0.5, 0.6) is 0 Å². The zero-order valence-electron chi connectivity index (χ0n) is 18.5. The molecule has 0 bridgehead atoms. The van der Waals surface area contributed by atoms with Crippen molar-refractivity contribution in [2.24, 2.45) is 5.92 Å². The lowest BCUT2D eigenvalue weighted by molar-refractivity contribution is 0.0416. The number of ether oxygens (including phenoxy) is 2. The fourth-order valence-corrected chi connectivity index (χ4v) is 5.22. The van der Waals surface area contributed by atoms with Crippen LogP contribution in [0.4, 0.5) is 0 Å². The second kappa shape index (κ2) is 9.36. The average Bonchev–Trinajstić information content (AvgIpc) is 3.21. The lowest BCUT2D eigenvalue weighted by atomic mass is 9.89. The molecule has 0 aromatic rings. The van der Waals surface area contributed by atoms with E-state index < -0.39 is 0 Å². The van der Waals surface area contributed by atoms with Crippen LogP contribution in [-0.4, -0.2) is 73.5 Å². The molecule has 2 aliphatic rings. The Balaban J connectivity index is 1.94. The van der Waals surface area contributed by atoms with Crippen molar-refractivity contribution in [2.75, 3.05) is 40.5 Å². The third-order valence-corrected chi connectivity index (χ3v) is 7.18. The molecule has 0 radical (unpaired) electrons. The highest BCUT2D eigenvalue weighted by atomic mass is 16.5. The molecule has 0 N–H and O–H groups in total. The van der Waals surface area contributed by atoms with Crippen molar-refractivity contribution in [2.45, 2.75) is 96.3 Å². The molecular weight excluding hydrogens is 324 g/mol. The second-order valence-corrected chi connectivity index (χ2v) is 9.83. The zero-order chi connectivity index (χ0) is 19.4. The molecule has 2 aliphatic heterocycles. The van der Waals surface area contributed by atoms with Crippen molar-refractivity contribution in [3.8, 4) is 0 Å². The molecule has 2 rings (SSSR count). The van der Waals surface area contributed by atoms with Crippen LogP contribution in [0.2, 0.25) is 0 Å². The molecule has 0 aromatic heterocycles. The molecule has 1 unspecified atom stereocenters. The molecule has 2 saturated heterocycles. The predicted molar refractivity (Wildman–Crippen MR) is 110 cm³/mol. The number of hydrogen-bond acceptors (Lipinski definition) is 4. The average molecular weight is 369 g/mol. The Morgan fingerprint density at radius 1 is 0.923 bits per heavy atom. The molecular formula is C22H44N2O2. The van der Waals surface area contributed by atoms with Gasteiger partial charge in [0.25, 0.3) is 0 Å². The van der Waals surface area contributed by atoms with Crippen LogP contribution in [0.3, 0.4) is 0 Å². The highest BCUT2D eigenvalue weighted by Crippen LogP contribution is 2.37. The lowest BCUT2D eigenvalue weighted by Gasteiger charge is -2.40. The fourth-order valence-electron chi connectivity index (χ4n) is 5.22. The minimum Gasteiger partial charge on any atom is -0.383 e. The summed E-state index contributed by atoms with van der Waals surface area (Å²) in [5, 5.41) is 0. The maximum Gasteiger partial charge on any atom is 0.0618 e. The molecule has 2 fully saturated rings. The van der Waals surface area contributed by atoms with E-state index in [4.69, 9.17) is 9.47 Å². The molecule has 0 amide bonds. The van der Waals surface area contributed by atoms with Gasteiger partial charge in [-0.3, -0.25) is 9.80 Å². The van der Waals surface area contributed by atoms with Crippen molar-refractivity contribution in [3.63, 3.8) is 0 Å².